The summed E-state index contributed by atoms with van der Waals surface area (Å²) in [4.78, 5) is 12.4. The van der Waals surface area contributed by atoms with E-state index in [9.17, 15) is 4.79 Å². The first-order chi connectivity index (χ1) is 8.70. The van der Waals surface area contributed by atoms with Gasteiger partial charge in [-0.3, -0.25) is 0 Å². The largest absolute Gasteiger partial charge is 0.471 e. The lowest BCUT2D eigenvalue weighted by Crippen LogP contribution is -2.08. The van der Waals surface area contributed by atoms with Crippen LogP contribution >= 0.6 is 11.3 Å². The number of aryl methyl sites for hydroxylation is 1. The predicted octanol–water partition coefficient (Wildman–Crippen LogP) is 2.21. The van der Waals surface area contributed by atoms with E-state index in [0.717, 1.165) is 10.4 Å². The molecule has 0 bridgehead atoms. The van der Waals surface area contributed by atoms with E-state index in [1.165, 1.54) is 7.11 Å². The lowest BCUT2D eigenvalue weighted by molar-refractivity contribution is 0.0592. The minimum Gasteiger partial charge on any atom is -0.471 e. The fraction of sp³-hybridized carbons (Fsp3) is 0.250. The maximum atomic E-state index is 11.3. The van der Waals surface area contributed by atoms with E-state index in [2.05, 4.69) is 14.9 Å². The molecule has 0 aliphatic rings. The zero-order valence-electron chi connectivity index (χ0n) is 10.0. The summed E-state index contributed by atoms with van der Waals surface area (Å²) in [6, 6.07) is 5.54. The number of carbonyl (C=O) groups is 1. The average molecular weight is 264 g/mol. The third-order valence-electron chi connectivity index (χ3n) is 2.26. The molecule has 18 heavy (non-hydrogen) atoms. The summed E-state index contributed by atoms with van der Waals surface area (Å²) >= 11 is 1.61. The molecule has 0 spiro atoms. The standard InChI is InChI=1S/C12H12N2O3S/c1-8-6-10(12(15)16-2)13-14-11(8)17-7-9-4-3-5-18-9/h3-6H,7H2,1-2H3. The normalized spacial score (nSPS) is 10.1. The van der Waals surface area contributed by atoms with Crippen LogP contribution in [-0.2, 0) is 11.3 Å². The highest BCUT2D eigenvalue weighted by atomic mass is 32.1. The Labute approximate surface area is 108 Å². The van der Waals surface area contributed by atoms with Gasteiger partial charge in [-0.15, -0.1) is 21.5 Å². The number of hydrogen-bond acceptors (Lipinski definition) is 6. The van der Waals surface area contributed by atoms with Crippen molar-refractivity contribution in [1.29, 1.82) is 0 Å². The Morgan fingerprint density at radius 2 is 2.28 bits per heavy atom. The Bertz CT molecular complexity index is 540. The van der Waals surface area contributed by atoms with Crippen LogP contribution in [0.5, 0.6) is 5.88 Å². The molecule has 2 aromatic rings. The molecule has 0 aromatic carbocycles. The van der Waals surface area contributed by atoms with Gasteiger partial charge in [0.1, 0.15) is 6.61 Å². The molecule has 94 valence electrons. The van der Waals surface area contributed by atoms with Gasteiger partial charge in [-0.1, -0.05) is 6.07 Å². The van der Waals surface area contributed by atoms with Gasteiger partial charge in [-0.2, -0.15) is 0 Å². The lowest BCUT2D eigenvalue weighted by atomic mass is 10.3. The lowest BCUT2D eigenvalue weighted by Gasteiger charge is -2.06. The fourth-order valence-corrected chi connectivity index (χ4v) is 1.97. The highest BCUT2D eigenvalue weighted by Gasteiger charge is 2.11. The van der Waals surface area contributed by atoms with Gasteiger partial charge >= 0.3 is 5.97 Å². The molecule has 2 heterocycles. The Morgan fingerprint density at radius 1 is 1.44 bits per heavy atom. The van der Waals surface area contributed by atoms with Crippen LogP contribution in [0.15, 0.2) is 23.6 Å². The zero-order chi connectivity index (χ0) is 13.0. The summed E-state index contributed by atoms with van der Waals surface area (Å²) < 4.78 is 10.1. The Hall–Kier alpha value is -1.95. The van der Waals surface area contributed by atoms with Gasteiger partial charge in [0.25, 0.3) is 0 Å². The summed E-state index contributed by atoms with van der Waals surface area (Å²) in [5, 5.41) is 9.63. The average Bonchev–Trinajstić information content (AvgIpc) is 2.89. The van der Waals surface area contributed by atoms with Crippen LogP contribution in [-0.4, -0.2) is 23.3 Å². The maximum absolute atomic E-state index is 11.3. The molecule has 5 nitrogen and oxygen atoms in total. The van der Waals surface area contributed by atoms with Crippen molar-refractivity contribution in [2.24, 2.45) is 0 Å². The molecule has 2 rings (SSSR count). The van der Waals surface area contributed by atoms with Gasteiger partial charge in [-0.25, -0.2) is 4.79 Å². The smallest absolute Gasteiger partial charge is 0.358 e. The molecule has 0 atom stereocenters. The van der Waals surface area contributed by atoms with Gasteiger partial charge in [0.15, 0.2) is 5.69 Å². The summed E-state index contributed by atoms with van der Waals surface area (Å²) in [6.45, 7) is 2.26. The maximum Gasteiger partial charge on any atom is 0.358 e. The van der Waals surface area contributed by atoms with Crippen molar-refractivity contribution < 1.29 is 14.3 Å². The van der Waals surface area contributed by atoms with E-state index in [1.807, 2.05) is 24.4 Å². The molecule has 0 aliphatic carbocycles. The van der Waals surface area contributed by atoms with Crippen molar-refractivity contribution >= 4 is 17.3 Å². The van der Waals surface area contributed by atoms with E-state index in [0.29, 0.717) is 12.5 Å². The third kappa shape index (κ3) is 2.84. The molecule has 0 saturated heterocycles. The number of nitrogens with zero attached hydrogens (tertiary/aromatic N) is 2. The molecule has 0 saturated carbocycles. The molecule has 6 heteroatoms. The van der Waals surface area contributed by atoms with Crippen LogP contribution in [0.4, 0.5) is 0 Å². The number of aromatic nitrogens is 2. The topological polar surface area (TPSA) is 61.3 Å². The Morgan fingerprint density at radius 3 is 2.89 bits per heavy atom. The molecule has 0 aliphatic heterocycles. The van der Waals surface area contributed by atoms with Crippen molar-refractivity contribution in [2.75, 3.05) is 7.11 Å². The number of esters is 1. The number of methoxy groups -OCH3 is 1. The van der Waals surface area contributed by atoms with Gasteiger partial charge in [0, 0.05) is 10.4 Å². The van der Waals surface area contributed by atoms with Crippen LogP contribution in [0.3, 0.4) is 0 Å². The highest BCUT2D eigenvalue weighted by molar-refractivity contribution is 7.09. The van der Waals surface area contributed by atoms with Crippen molar-refractivity contribution in [3.05, 3.63) is 39.7 Å². The van der Waals surface area contributed by atoms with Crippen LogP contribution in [0.25, 0.3) is 0 Å². The summed E-state index contributed by atoms with van der Waals surface area (Å²) in [5.41, 5.74) is 0.931. The van der Waals surface area contributed by atoms with Crippen LogP contribution < -0.4 is 4.74 Å². The van der Waals surface area contributed by atoms with Crippen LogP contribution in [0.2, 0.25) is 0 Å². The molecule has 0 unspecified atom stereocenters. The van der Waals surface area contributed by atoms with E-state index < -0.39 is 5.97 Å². The summed E-state index contributed by atoms with van der Waals surface area (Å²) in [7, 11) is 1.31. The number of carbonyl (C=O) groups excluding carboxylic acids is 1. The number of rotatable bonds is 4. The second kappa shape index (κ2) is 5.59. The number of hydrogen-bond donors (Lipinski definition) is 0. The van der Waals surface area contributed by atoms with Crippen molar-refractivity contribution in [3.63, 3.8) is 0 Å². The van der Waals surface area contributed by atoms with E-state index in [1.54, 1.807) is 17.4 Å². The molecular formula is C12H12N2O3S. The first kappa shape index (κ1) is 12.5. The summed E-state index contributed by atoms with van der Waals surface area (Å²) in [6.07, 6.45) is 0. The second-order valence-electron chi connectivity index (χ2n) is 3.58. The Balaban J connectivity index is 2.08. The quantitative estimate of drug-likeness (QED) is 0.792. The van der Waals surface area contributed by atoms with Gasteiger partial charge < -0.3 is 9.47 Å². The first-order valence-corrected chi connectivity index (χ1v) is 6.16. The number of ether oxygens (including phenoxy) is 2. The van der Waals surface area contributed by atoms with Crippen molar-refractivity contribution in [2.45, 2.75) is 13.5 Å². The molecule has 2 aromatic heterocycles. The predicted molar refractivity (Wildman–Crippen MR) is 66.8 cm³/mol. The zero-order valence-corrected chi connectivity index (χ0v) is 10.9. The molecule has 0 N–H and O–H groups in total. The minimum atomic E-state index is -0.504. The SMILES string of the molecule is COC(=O)c1cc(C)c(OCc2cccs2)nn1. The fourth-order valence-electron chi connectivity index (χ4n) is 1.36. The van der Waals surface area contributed by atoms with Crippen molar-refractivity contribution in [3.8, 4) is 5.88 Å². The van der Waals surface area contributed by atoms with E-state index in [-0.39, 0.29) is 5.69 Å². The van der Waals surface area contributed by atoms with Crippen molar-refractivity contribution in [1.82, 2.24) is 10.2 Å². The van der Waals surface area contributed by atoms with Gasteiger partial charge in [-0.05, 0) is 24.4 Å². The van der Waals surface area contributed by atoms with Crippen LogP contribution in [0, 0.1) is 6.92 Å². The monoisotopic (exact) mass is 264 g/mol. The van der Waals surface area contributed by atoms with Gasteiger partial charge in [0.2, 0.25) is 5.88 Å². The minimum absolute atomic E-state index is 0.179. The molecular weight excluding hydrogens is 252 g/mol. The summed E-state index contributed by atoms with van der Waals surface area (Å²) in [5.74, 6) is -0.0774. The molecule has 0 amide bonds. The molecule has 0 fully saturated rings. The third-order valence-corrected chi connectivity index (χ3v) is 3.11. The van der Waals surface area contributed by atoms with Crippen LogP contribution in [0.1, 0.15) is 20.9 Å². The second-order valence-corrected chi connectivity index (χ2v) is 4.61. The Kier molecular flexibility index (Phi) is 3.88. The number of thiophene rings is 1. The van der Waals surface area contributed by atoms with E-state index in [4.69, 9.17) is 4.74 Å². The highest BCUT2D eigenvalue weighted by Crippen LogP contribution is 2.17. The van der Waals surface area contributed by atoms with E-state index >= 15 is 0 Å². The first-order valence-electron chi connectivity index (χ1n) is 5.28. The van der Waals surface area contributed by atoms with Gasteiger partial charge in [0.05, 0.1) is 7.11 Å². The molecule has 0 radical (unpaired) electrons.